The summed E-state index contributed by atoms with van der Waals surface area (Å²) in [7, 11) is 3.94. The summed E-state index contributed by atoms with van der Waals surface area (Å²) in [6.45, 7) is 4.98. The van der Waals surface area contributed by atoms with E-state index in [1.807, 2.05) is 39.8 Å². The fourth-order valence-electron chi connectivity index (χ4n) is 4.30. The van der Waals surface area contributed by atoms with E-state index in [0.717, 1.165) is 25.8 Å². The van der Waals surface area contributed by atoms with Crippen LogP contribution in [0.1, 0.15) is 26.2 Å². The number of likely N-dealkylation sites (tertiary alicyclic amines) is 1. The van der Waals surface area contributed by atoms with E-state index in [0.29, 0.717) is 26.2 Å². The van der Waals surface area contributed by atoms with Crippen molar-refractivity contribution in [1.29, 1.82) is 0 Å². The van der Waals surface area contributed by atoms with Gasteiger partial charge in [0.25, 0.3) is 0 Å². The second-order valence-electron chi connectivity index (χ2n) is 7.98. The standard InChI is InChI=1S/C19H30N4O3/c1-14(24)21-9-6-15(7-10-21)19(26)22-12-16-11-17(13-22)23(16)18(25)5-4-8-20(2)3/h4-5,15-17H,6-13H2,1-3H3/b5-4+. The van der Waals surface area contributed by atoms with Crippen molar-refractivity contribution in [1.82, 2.24) is 19.6 Å². The van der Waals surface area contributed by atoms with Gasteiger partial charge in [-0.3, -0.25) is 14.4 Å². The highest BCUT2D eigenvalue weighted by Gasteiger charge is 2.48. The van der Waals surface area contributed by atoms with Crippen molar-refractivity contribution >= 4 is 17.7 Å². The largest absolute Gasteiger partial charge is 0.343 e. The second-order valence-corrected chi connectivity index (χ2v) is 7.98. The van der Waals surface area contributed by atoms with Gasteiger partial charge in [-0.25, -0.2) is 0 Å². The molecule has 4 fully saturated rings. The normalized spacial score (nSPS) is 26.4. The average molecular weight is 362 g/mol. The zero-order chi connectivity index (χ0) is 18.8. The monoisotopic (exact) mass is 362 g/mol. The summed E-state index contributed by atoms with van der Waals surface area (Å²) in [6, 6.07) is 0.318. The maximum atomic E-state index is 12.8. The minimum absolute atomic E-state index is 0.0206. The molecular weight excluding hydrogens is 332 g/mol. The Morgan fingerprint density at radius 2 is 1.65 bits per heavy atom. The molecule has 4 heterocycles. The fourth-order valence-corrected chi connectivity index (χ4v) is 4.30. The first-order chi connectivity index (χ1) is 12.4. The van der Waals surface area contributed by atoms with E-state index in [-0.39, 0.29) is 35.7 Å². The molecule has 26 heavy (non-hydrogen) atoms. The summed E-state index contributed by atoms with van der Waals surface area (Å²) >= 11 is 0. The number of hydrogen-bond acceptors (Lipinski definition) is 4. The summed E-state index contributed by atoms with van der Waals surface area (Å²) in [5.41, 5.74) is 0. The third-order valence-electron chi connectivity index (χ3n) is 5.78. The number of piperidine rings is 2. The third-order valence-corrected chi connectivity index (χ3v) is 5.78. The molecule has 144 valence electrons. The van der Waals surface area contributed by atoms with Gasteiger partial charge >= 0.3 is 0 Å². The van der Waals surface area contributed by atoms with E-state index in [2.05, 4.69) is 0 Å². The predicted octanol–water partition coefficient (Wildman–Crippen LogP) is 0.174. The molecule has 0 spiro atoms. The molecule has 7 heteroatoms. The van der Waals surface area contributed by atoms with Gasteiger partial charge < -0.3 is 19.6 Å². The topological polar surface area (TPSA) is 64.2 Å². The minimum Gasteiger partial charge on any atom is -0.343 e. The molecule has 4 rings (SSSR count). The Morgan fingerprint density at radius 1 is 1.04 bits per heavy atom. The third kappa shape index (κ3) is 3.92. The lowest BCUT2D eigenvalue weighted by Crippen LogP contribution is -2.71. The number of carbonyl (C=O) groups is 3. The van der Waals surface area contributed by atoms with Gasteiger partial charge in [-0.1, -0.05) is 6.08 Å². The lowest BCUT2D eigenvalue weighted by molar-refractivity contribution is -0.160. The smallest absolute Gasteiger partial charge is 0.246 e. The van der Waals surface area contributed by atoms with Crippen LogP contribution in [-0.2, 0) is 14.4 Å². The Morgan fingerprint density at radius 3 is 2.19 bits per heavy atom. The number of nitrogens with zero attached hydrogens (tertiary/aromatic N) is 4. The Hall–Kier alpha value is -1.89. The van der Waals surface area contributed by atoms with Gasteiger partial charge in [0.1, 0.15) is 0 Å². The molecule has 3 amide bonds. The highest BCUT2D eigenvalue weighted by Crippen LogP contribution is 2.34. The molecule has 2 unspecified atom stereocenters. The molecule has 0 aliphatic carbocycles. The maximum absolute atomic E-state index is 12.8. The molecule has 0 radical (unpaired) electrons. The van der Waals surface area contributed by atoms with Crippen molar-refractivity contribution in [2.75, 3.05) is 46.8 Å². The highest BCUT2D eigenvalue weighted by atomic mass is 16.2. The van der Waals surface area contributed by atoms with E-state index in [4.69, 9.17) is 0 Å². The minimum atomic E-state index is 0.0206. The van der Waals surface area contributed by atoms with Crippen LogP contribution in [0.15, 0.2) is 12.2 Å². The van der Waals surface area contributed by atoms with E-state index in [1.165, 1.54) is 0 Å². The Balaban J connectivity index is 1.49. The lowest BCUT2D eigenvalue weighted by atomic mass is 9.85. The fraction of sp³-hybridized carbons (Fsp3) is 0.737. The van der Waals surface area contributed by atoms with Crippen molar-refractivity contribution in [3.63, 3.8) is 0 Å². The van der Waals surface area contributed by atoms with Crippen LogP contribution in [0.4, 0.5) is 0 Å². The van der Waals surface area contributed by atoms with Gasteiger partial charge in [0.05, 0.1) is 12.1 Å². The van der Waals surface area contributed by atoms with Crippen LogP contribution < -0.4 is 0 Å². The number of hydrogen-bond donors (Lipinski definition) is 0. The number of amides is 3. The van der Waals surface area contributed by atoms with Crippen LogP contribution in [0.25, 0.3) is 0 Å². The van der Waals surface area contributed by atoms with Gasteiger partial charge in [-0.05, 0) is 33.4 Å². The number of carbonyl (C=O) groups excluding carboxylic acids is 3. The van der Waals surface area contributed by atoms with Crippen LogP contribution in [0.3, 0.4) is 0 Å². The van der Waals surface area contributed by atoms with Crippen molar-refractivity contribution < 1.29 is 14.4 Å². The van der Waals surface area contributed by atoms with Crippen LogP contribution >= 0.6 is 0 Å². The van der Waals surface area contributed by atoms with Crippen molar-refractivity contribution in [3.05, 3.63) is 12.2 Å². The number of fused-ring (bicyclic) bond motifs is 2. The molecule has 0 aromatic heterocycles. The second kappa shape index (κ2) is 7.78. The first-order valence-electron chi connectivity index (χ1n) is 9.54. The number of likely N-dealkylation sites (N-methyl/N-ethyl adjacent to an activating group) is 1. The Labute approximate surface area is 155 Å². The molecule has 0 saturated carbocycles. The maximum Gasteiger partial charge on any atom is 0.246 e. The molecule has 0 N–H and O–H groups in total. The van der Waals surface area contributed by atoms with Gasteiger partial charge in [-0.2, -0.15) is 0 Å². The van der Waals surface area contributed by atoms with E-state index in [9.17, 15) is 14.4 Å². The van der Waals surface area contributed by atoms with Gasteiger partial charge in [-0.15, -0.1) is 0 Å². The van der Waals surface area contributed by atoms with Crippen molar-refractivity contribution in [2.45, 2.75) is 38.3 Å². The SMILES string of the molecule is CC(=O)N1CCC(C(=O)N2CC3CC(C2)N3C(=O)/C=C/CN(C)C)CC1. The molecular formula is C19H30N4O3. The molecule has 7 nitrogen and oxygen atoms in total. The molecule has 0 aromatic rings. The van der Waals surface area contributed by atoms with Crippen molar-refractivity contribution in [3.8, 4) is 0 Å². The first kappa shape index (κ1) is 18.9. The number of rotatable bonds is 4. The van der Waals surface area contributed by atoms with Gasteiger partial charge in [0.2, 0.25) is 17.7 Å². The zero-order valence-electron chi connectivity index (χ0n) is 16.1. The molecule has 2 bridgehead atoms. The van der Waals surface area contributed by atoms with Crippen LogP contribution in [0, 0.1) is 5.92 Å². The van der Waals surface area contributed by atoms with E-state index >= 15 is 0 Å². The summed E-state index contributed by atoms with van der Waals surface area (Å²) in [6.07, 6.45) is 6.05. The molecule has 0 aromatic carbocycles. The van der Waals surface area contributed by atoms with Gasteiger partial charge in [0, 0.05) is 51.6 Å². The van der Waals surface area contributed by atoms with Crippen molar-refractivity contribution in [2.24, 2.45) is 5.92 Å². The lowest BCUT2D eigenvalue weighted by Gasteiger charge is -2.56. The van der Waals surface area contributed by atoms with Gasteiger partial charge in [0.15, 0.2) is 0 Å². The molecule has 4 saturated heterocycles. The summed E-state index contributed by atoms with van der Waals surface area (Å²) in [5.74, 6) is 0.381. The van der Waals surface area contributed by atoms with E-state index < -0.39 is 0 Å². The highest BCUT2D eigenvalue weighted by molar-refractivity contribution is 5.89. The summed E-state index contributed by atoms with van der Waals surface area (Å²) < 4.78 is 0. The first-order valence-corrected chi connectivity index (χ1v) is 9.54. The van der Waals surface area contributed by atoms with Crippen LogP contribution in [0.2, 0.25) is 0 Å². The predicted molar refractivity (Wildman–Crippen MR) is 98.3 cm³/mol. The quantitative estimate of drug-likeness (QED) is 0.669. The zero-order valence-corrected chi connectivity index (χ0v) is 16.1. The van der Waals surface area contributed by atoms with E-state index in [1.54, 1.807) is 13.0 Å². The molecule has 2 atom stereocenters. The molecule has 4 aliphatic heterocycles. The Bertz CT molecular complexity index is 584. The summed E-state index contributed by atoms with van der Waals surface area (Å²) in [4.78, 5) is 44.3. The average Bonchev–Trinajstić information content (AvgIpc) is 2.60. The number of piperazine rings is 1. The Kier molecular flexibility index (Phi) is 5.65. The summed E-state index contributed by atoms with van der Waals surface area (Å²) in [5, 5.41) is 0. The van der Waals surface area contributed by atoms with Crippen LogP contribution in [-0.4, -0.2) is 96.2 Å². The van der Waals surface area contributed by atoms with Crippen LogP contribution in [0.5, 0.6) is 0 Å². The molecule has 4 aliphatic rings.